The summed E-state index contributed by atoms with van der Waals surface area (Å²) in [5, 5.41) is 0. The Hall–Kier alpha value is -1.39. The third kappa shape index (κ3) is 6.98. The quantitative estimate of drug-likeness (QED) is 0.271. The molecule has 0 aromatic rings. The van der Waals surface area contributed by atoms with Gasteiger partial charge < -0.3 is 9.47 Å². The SMILES string of the molecule is CCCCOC(=O)C(=O)CC(=O)OCCC. The van der Waals surface area contributed by atoms with Gasteiger partial charge in [0.2, 0.25) is 0 Å². The zero-order valence-corrected chi connectivity index (χ0v) is 9.78. The Kier molecular flexibility index (Phi) is 8.11. The topological polar surface area (TPSA) is 69.7 Å². The molecule has 5 nitrogen and oxygen atoms in total. The molecule has 0 aromatic heterocycles. The van der Waals surface area contributed by atoms with Crippen molar-refractivity contribution in [3.8, 4) is 0 Å². The lowest BCUT2D eigenvalue weighted by molar-refractivity contribution is -0.158. The molecular formula is C11H18O5. The molecule has 0 atom stereocenters. The molecule has 0 saturated carbocycles. The molecule has 0 aliphatic heterocycles. The Morgan fingerprint density at radius 2 is 1.62 bits per heavy atom. The van der Waals surface area contributed by atoms with Gasteiger partial charge in [-0.05, 0) is 12.8 Å². The molecule has 0 saturated heterocycles. The second-order valence-electron chi connectivity index (χ2n) is 3.31. The van der Waals surface area contributed by atoms with E-state index in [2.05, 4.69) is 9.47 Å². The molecule has 0 aliphatic carbocycles. The van der Waals surface area contributed by atoms with E-state index in [0.29, 0.717) is 12.8 Å². The Morgan fingerprint density at radius 3 is 2.19 bits per heavy atom. The number of hydrogen-bond donors (Lipinski definition) is 0. The van der Waals surface area contributed by atoms with E-state index in [1.165, 1.54) is 0 Å². The van der Waals surface area contributed by atoms with Crippen molar-refractivity contribution in [3.63, 3.8) is 0 Å². The molecule has 0 fully saturated rings. The molecule has 0 unspecified atom stereocenters. The summed E-state index contributed by atoms with van der Waals surface area (Å²) in [6.45, 7) is 4.26. The zero-order valence-electron chi connectivity index (χ0n) is 9.78. The number of hydrogen-bond acceptors (Lipinski definition) is 5. The van der Waals surface area contributed by atoms with Crippen LogP contribution in [-0.2, 0) is 23.9 Å². The van der Waals surface area contributed by atoms with Gasteiger partial charge in [-0.25, -0.2) is 4.79 Å². The van der Waals surface area contributed by atoms with Gasteiger partial charge in [-0.15, -0.1) is 0 Å². The lowest BCUT2D eigenvalue weighted by Gasteiger charge is -2.03. The number of rotatable bonds is 8. The van der Waals surface area contributed by atoms with Gasteiger partial charge in [0, 0.05) is 0 Å². The highest BCUT2D eigenvalue weighted by molar-refractivity contribution is 6.36. The van der Waals surface area contributed by atoms with E-state index in [1.807, 2.05) is 13.8 Å². The molecule has 92 valence electrons. The smallest absolute Gasteiger partial charge is 0.375 e. The minimum atomic E-state index is -0.957. The van der Waals surface area contributed by atoms with E-state index in [-0.39, 0.29) is 13.2 Å². The van der Waals surface area contributed by atoms with Gasteiger partial charge in [0.15, 0.2) is 0 Å². The average molecular weight is 230 g/mol. The minimum Gasteiger partial charge on any atom is -0.465 e. The largest absolute Gasteiger partial charge is 0.465 e. The van der Waals surface area contributed by atoms with Crippen LogP contribution in [0.15, 0.2) is 0 Å². The Balaban J connectivity index is 3.78. The monoisotopic (exact) mass is 230 g/mol. The molecule has 0 aromatic carbocycles. The van der Waals surface area contributed by atoms with Crippen molar-refractivity contribution in [1.82, 2.24) is 0 Å². The Morgan fingerprint density at radius 1 is 0.938 bits per heavy atom. The summed E-state index contributed by atoms with van der Waals surface area (Å²) in [5.74, 6) is -2.49. The van der Waals surface area contributed by atoms with Crippen molar-refractivity contribution in [2.75, 3.05) is 13.2 Å². The van der Waals surface area contributed by atoms with Gasteiger partial charge in [0.1, 0.15) is 6.42 Å². The van der Waals surface area contributed by atoms with Gasteiger partial charge in [0.05, 0.1) is 13.2 Å². The molecule has 0 amide bonds. The third-order valence-corrected chi connectivity index (χ3v) is 1.73. The van der Waals surface area contributed by atoms with Gasteiger partial charge in [-0.3, -0.25) is 9.59 Å². The predicted molar refractivity (Wildman–Crippen MR) is 56.7 cm³/mol. The van der Waals surface area contributed by atoms with E-state index < -0.39 is 24.1 Å². The summed E-state index contributed by atoms with van der Waals surface area (Å²) in [7, 11) is 0. The second kappa shape index (κ2) is 8.88. The van der Waals surface area contributed by atoms with Crippen molar-refractivity contribution in [3.05, 3.63) is 0 Å². The summed E-state index contributed by atoms with van der Waals surface area (Å²) in [6.07, 6.45) is 1.73. The average Bonchev–Trinajstić information content (AvgIpc) is 2.26. The van der Waals surface area contributed by atoms with Gasteiger partial charge in [-0.1, -0.05) is 20.3 Å². The minimum absolute atomic E-state index is 0.213. The van der Waals surface area contributed by atoms with Crippen LogP contribution in [-0.4, -0.2) is 30.9 Å². The fourth-order valence-corrected chi connectivity index (χ4v) is 0.860. The molecular weight excluding hydrogens is 212 g/mol. The van der Waals surface area contributed by atoms with E-state index in [4.69, 9.17) is 0 Å². The number of carbonyl (C=O) groups is 3. The van der Waals surface area contributed by atoms with Crippen LogP contribution < -0.4 is 0 Å². The molecule has 0 rings (SSSR count). The Bertz CT molecular complexity index is 247. The second-order valence-corrected chi connectivity index (χ2v) is 3.31. The molecule has 0 N–H and O–H groups in total. The Labute approximate surface area is 95.1 Å². The molecule has 0 heterocycles. The van der Waals surface area contributed by atoms with Gasteiger partial charge in [-0.2, -0.15) is 0 Å². The summed E-state index contributed by atoms with van der Waals surface area (Å²) in [6, 6.07) is 0. The van der Waals surface area contributed by atoms with Crippen LogP contribution in [0, 0.1) is 0 Å². The first-order valence-corrected chi connectivity index (χ1v) is 5.47. The predicted octanol–water partition coefficient (Wildman–Crippen LogP) is 1.24. The zero-order chi connectivity index (χ0) is 12.4. The van der Waals surface area contributed by atoms with Crippen LogP contribution >= 0.6 is 0 Å². The molecule has 0 aliphatic rings. The summed E-state index contributed by atoms with van der Waals surface area (Å²) in [5.41, 5.74) is 0. The number of unbranched alkanes of at least 4 members (excludes halogenated alkanes) is 1. The van der Waals surface area contributed by atoms with E-state index >= 15 is 0 Å². The summed E-state index contributed by atoms with van der Waals surface area (Å²) in [4.78, 5) is 33.2. The molecule has 0 bridgehead atoms. The number of ether oxygens (including phenoxy) is 2. The highest BCUT2D eigenvalue weighted by atomic mass is 16.5. The van der Waals surface area contributed by atoms with Crippen molar-refractivity contribution in [2.45, 2.75) is 39.5 Å². The highest BCUT2D eigenvalue weighted by Crippen LogP contribution is 1.95. The molecule has 5 heteroatoms. The standard InChI is InChI=1S/C11H18O5/c1-3-5-7-16-11(14)9(12)8-10(13)15-6-4-2/h3-8H2,1-2H3. The maximum atomic E-state index is 11.1. The number of esters is 2. The number of ketones is 1. The van der Waals surface area contributed by atoms with Gasteiger partial charge >= 0.3 is 11.9 Å². The highest BCUT2D eigenvalue weighted by Gasteiger charge is 2.19. The van der Waals surface area contributed by atoms with Crippen molar-refractivity contribution < 1.29 is 23.9 Å². The maximum Gasteiger partial charge on any atom is 0.375 e. The first-order chi connectivity index (χ1) is 7.61. The van der Waals surface area contributed by atoms with Crippen molar-refractivity contribution >= 4 is 17.7 Å². The maximum absolute atomic E-state index is 11.1. The molecule has 0 spiro atoms. The van der Waals surface area contributed by atoms with E-state index in [0.717, 1.165) is 6.42 Å². The van der Waals surface area contributed by atoms with Gasteiger partial charge in [0.25, 0.3) is 5.78 Å². The summed E-state index contributed by atoms with van der Waals surface area (Å²) < 4.78 is 9.32. The molecule has 0 radical (unpaired) electrons. The van der Waals surface area contributed by atoms with Crippen LogP contribution in [0.25, 0.3) is 0 Å². The lowest BCUT2D eigenvalue weighted by Crippen LogP contribution is -2.22. The van der Waals surface area contributed by atoms with Crippen molar-refractivity contribution in [1.29, 1.82) is 0 Å². The molecule has 16 heavy (non-hydrogen) atoms. The van der Waals surface area contributed by atoms with Crippen LogP contribution in [0.2, 0.25) is 0 Å². The summed E-state index contributed by atoms with van der Waals surface area (Å²) >= 11 is 0. The lowest BCUT2D eigenvalue weighted by atomic mass is 10.3. The normalized spacial score (nSPS) is 9.62. The third-order valence-electron chi connectivity index (χ3n) is 1.73. The van der Waals surface area contributed by atoms with Crippen LogP contribution in [0.3, 0.4) is 0 Å². The first-order valence-electron chi connectivity index (χ1n) is 5.47. The number of Topliss-reactive ketones (excluding diaryl/α,β-unsaturated/α-hetero) is 1. The van der Waals surface area contributed by atoms with Crippen LogP contribution in [0.4, 0.5) is 0 Å². The van der Waals surface area contributed by atoms with Crippen LogP contribution in [0.1, 0.15) is 39.5 Å². The van der Waals surface area contributed by atoms with E-state index in [9.17, 15) is 14.4 Å². The van der Waals surface area contributed by atoms with Crippen LogP contribution in [0.5, 0.6) is 0 Å². The fourth-order valence-electron chi connectivity index (χ4n) is 0.860. The number of carbonyl (C=O) groups excluding carboxylic acids is 3. The van der Waals surface area contributed by atoms with Crippen molar-refractivity contribution in [2.24, 2.45) is 0 Å². The first kappa shape index (κ1) is 14.6. The fraction of sp³-hybridized carbons (Fsp3) is 0.727. The van der Waals surface area contributed by atoms with E-state index in [1.54, 1.807) is 0 Å².